The number of hydroxylamine groups is 1. The third kappa shape index (κ3) is 6.71. The van der Waals surface area contributed by atoms with Gasteiger partial charge in [-0.25, -0.2) is 10.3 Å². The number of benzene rings is 1. The average molecular weight is 453 g/mol. The molecule has 1 heterocycles. The van der Waals surface area contributed by atoms with Crippen molar-refractivity contribution in [3.63, 3.8) is 0 Å². The predicted molar refractivity (Wildman–Crippen MR) is 130 cm³/mol. The number of carbonyl (C=O) groups is 2. The molecule has 3 N–H and O–H groups in total. The number of nitrogens with zero attached hydrogens (tertiary/aromatic N) is 2. The summed E-state index contributed by atoms with van der Waals surface area (Å²) in [4.78, 5) is 28.5. The van der Waals surface area contributed by atoms with Crippen molar-refractivity contribution in [3.8, 4) is 0 Å². The molecule has 7 heteroatoms. The molecule has 0 bridgehead atoms. The highest BCUT2D eigenvalue weighted by Crippen LogP contribution is 2.27. The van der Waals surface area contributed by atoms with Gasteiger partial charge in [0.05, 0.1) is 5.70 Å². The normalized spacial score (nSPS) is 17.8. The van der Waals surface area contributed by atoms with Crippen molar-refractivity contribution in [1.82, 2.24) is 20.6 Å². The molecule has 3 amide bonds. The maximum Gasteiger partial charge on any atom is 0.322 e. The van der Waals surface area contributed by atoms with E-state index in [1.165, 1.54) is 31.0 Å². The summed E-state index contributed by atoms with van der Waals surface area (Å²) in [6.07, 6.45) is 13.6. The number of nitrogens with one attached hydrogen (secondary N) is 2. The minimum atomic E-state index is -0.557. The Bertz CT molecular complexity index is 899. The molecule has 2 aliphatic rings. The third-order valence-corrected chi connectivity index (χ3v) is 6.29. The second-order valence-corrected chi connectivity index (χ2v) is 8.59. The van der Waals surface area contributed by atoms with Gasteiger partial charge in [-0.3, -0.25) is 14.9 Å². The van der Waals surface area contributed by atoms with Crippen LogP contribution in [0.5, 0.6) is 0 Å². The third-order valence-electron chi connectivity index (χ3n) is 6.29. The van der Waals surface area contributed by atoms with Gasteiger partial charge in [-0.15, -0.1) is 0 Å². The van der Waals surface area contributed by atoms with Crippen LogP contribution in [0.15, 0.2) is 53.9 Å². The van der Waals surface area contributed by atoms with Crippen LogP contribution in [0.2, 0.25) is 0 Å². The van der Waals surface area contributed by atoms with E-state index < -0.39 is 5.91 Å². The van der Waals surface area contributed by atoms with Gasteiger partial charge in [0.15, 0.2) is 0 Å². The van der Waals surface area contributed by atoms with Crippen LogP contribution in [-0.2, 0) is 11.3 Å². The summed E-state index contributed by atoms with van der Waals surface area (Å²) in [6, 6.07) is 8.29. The van der Waals surface area contributed by atoms with E-state index in [0.29, 0.717) is 6.54 Å². The van der Waals surface area contributed by atoms with E-state index in [-0.39, 0.29) is 12.1 Å². The van der Waals surface area contributed by atoms with Crippen molar-refractivity contribution in [2.24, 2.45) is 0 Å². The number of amides is 3. The summed E-state index contributed by atoms with van der Waals surface area (Å²) < 4.78 is 0. The van der Waals surface area contributed by atoms with Crippen LogP contribution >= 0.6 is 0 Å². The molecule has 7 nitrogen and oxygen atoms in total. The van der Waals surface area contributed by atoms with Gasteiger partial charge in [0.2, 0.25) is 0 Å². The number of rotatable bonds is 7. The number of allylic oxidation sites excluding steroid dienone is 3. The monoisotopic (exact) mass is 452 g/mol. The standard InChI is InChI=1S/C26H36N4O3/c1-3-8-24-23(4-2)29(17-18-30(24)26(32)27-22-9-6-5-7-10-22)19-21-13-11-20(12-14-21)15-16-25(31)28-33/h3,8,11-16,22,33H,4-7,9-10,17-19H2,1-2H3,(H,27,32)(H,28,31). The smallest absolute Gasteiger partial charge is 0.322 e. The van der Waals surface area contributed by atoms with Gasteiger partial charge in [-0.05, 0) is 49.5 Å². The van der Waals surface area contributed by atoms with Gasteiger partial charge in [0.1, 0.15) is 0 Å². The molecule has 0 aromatic heterocycles. The summed E-state index contributed by atoms with van der Waals surface area (Å²) in [5, 5.41) is 11.9. The van der Waals surface area contributed by atoms with Crippen molar-refractivity contribution < 1.29 is 14.8 Å². The first-order valence-corrected chi connectivity index (χ1v) is 12.0. The van der Waals surface area contributed by atoms with Gasteiger partial charge >= 0.3 is 6.03 Å². The van der Waals surface area contributed by atoms with Crippen molar-refractivity contribution in [2.75, 3.05) is 13.1 Å². The van der Waals surface area contributed by atoms with Gasteiger partial charge in [-0.2, -0.15) is 0 Å². The molecule has 178 valence electrons. The van der Waals surface area contributed by atoms with Crippen LogP contribution in [0.25, 0.3) is 6.08 Å². The zero-order valence-electron chi connectivity index (χ0n) is 19.7. The summed E-state index contributed by atoms with van der Waals surface area (Å²) >= 11 is 0. The van der Waals surface area contributed by atoms with Crippen molar-refractivity contribution >= 4 is 18.0 Å². The number of urea groups is 1. The first-order chi connectivity index (χ1) is 16.0. The van der Waals surface area contributed by atoms with Gasteiger partial charge < -0.3 is 10.2 Å². The largest absolute Gasteiger partial charge is 0.367 e. The maximum atomic E-state index is 13.1. The zero-order valence-corrected chi connectivity index (χ0v) is 19.7. The fraction of sp³-hybridized carbons (Fsp3) is 0.462. The van der Waals surface area contributed by atoms with Crippen molar-refractivity contribution in [2.45, 2.75) is 65.0 Å². The first-order valence-electron chi connectivity index (χ1n) is 12.0. The Balaban J connectivity index is 1.73. The highest BCUT2D eigenvalue weighted by molar-refractivity contribution is 5.90. The Morgan fingerprint density at radius 1 is 1.09 bits per heavy atom. The molecule has 1 aromatic rings. The van der Waals surface area contributed by atoms with Crippen LogP contribution in [0, 0.1) is 0 Å². The highest BCUT2D eigenvalue weighted by atomic mass is 16.5. The topological polar surface area (TPSA) is 84.9 Å². The van der Waals surface area contributed by atoms with Crippen LogP contribution in [0.1, 0.15) is 63.5 Å². The Morgan fingerprint density at radius 2 is 1.82 bits per heavy atom. The first kappa shape index (κ1) is 24.6. The number of hydrogen-bond acceptors (Lipinski definition) is 4. The lowest BCUT2D eigenvalue weighted by molar-refractivity contribution is -0.124. The van der Waals surface area contributed by atoms with Crippen LogP contribution < -0.4 is 10.8 Å². The highest BCUT2D eigenvalue weighted by Gasteiger charge is 2.28. The molecular weight excluding hydrogens is 416 g/mol. The minimum absolute atomic E-state index is 0.0173. The second kappa shape index (κ2) is 12.3. The lowest BCUT2D eigenvalue weighted by Gasteiger charge is -2.39. The SMILES string of the molecule is CC=CC1=C(CC)N(Cc2ccc(C=CC(=O)NO)cc2)CCN1C(=O)NC1CCCCC1. The van der Waals surface area contributed by atoms with Gasteiger partial charge in [0.25, 0.3) is 5.91 Å². The van der Waals surface area contributed by atoms with E-state index in [1.54, 1.807) is 11.6 Å². The summed E-state index contributed by atoms with van der Waals surface area (Å²) in [5.41, 5.74) is 5.77. The molecule has 0 saturated heterocycles. The fourth-order valence-corrected chi connectivity index (χ4v) is 4.59. The van der Waals surface area contributed by atoms with Crippen molar-refractivity contribution in [1.29, 1.82) is 0 Å². The lowest BCUT2D eigenvalue weighted by Crippen LogP contribution is -2.50. The van der Waals surface area contributed by atoms with E-state index >= 15 is 0 Å². The molecule has 1 saturated carbocycles. The number of carbonyl (C=O) groups excluding carboxylic acids is 2. The molecule has 0 atom stereocenters. The van der Waals surface area contributed by atoms with E-state index in [1.807, 2.05) is 48.2 Å². The second-order valence-electron chi connectivity index (χ2n) is 8.59. The molecule has 1 aliphatic heterocycles. The number of hydrogen-bond donors (Lipinski definition) is 3. The molecule has 0 spiro atoms. The van der Waals surface area contributed by atoms with E-state index in [9.17, 15) is 9.59 Å². The van der Waals surface area contributed by atoms with Crippen LogP contribution in [0.4, 0.5) is 4.79 Å². The quantitative estimate of drug-likeness (QED) is 0.322. The van der Waals surface area contributed by atoms with Crippen LogP contribution in [0.3, 0.4) is 0 Å². The predicted octanol–water partition coefficient (Wildman–Crippen LogP) is 4.56. The summed E-state index contributed by atoms with van der Waals surface area (Å²) in [5.74, 6) is -0.557. The van der Waals surface area contributed by atoms with E-state index in [4.69, 9.17) is 5.21 Å². The fourth-order valence-electron chi connectivity index (χ4n) is 4.59. The van der Waals surface area contributed by atoms with Crippen LogP contribution in [-0.4, -0.2) is 46.1 Å². The Morgan fingerprint density at radius 3 is 2.45 bits per heavy atom. The molecule has 0 unspecified atom stereocenters. The molecule has 1 fully saturated rings. The maximum absolute atomic E-state index is 13.1. The Hall–Kier alpha value is -3.06. The zero-order chi connectivity index (χ0) is 23.6. The Labute approximate surface area is 196 Å². The van der Waals surface area contributed by atoms with E-state index in [0.717, 1.165) is 49.2 Å². The van der Waals surface area contributed by atoms with Crippen molar-refractivity contribution in [3.05, 3.63) is 65.0 Å². The lowest BCUT2D eigenvalue weighted by atomic mass is 9.96. The van der Waals surface area contributed by atoms with Gasteiger partial charge in [-0.1, -0.05) is 56.5 Å². The molecule has 3 rings (SSSR count). The molecule has 33 heavy (non-hydrogen) atoms. The molecule has 1 aromatic carbocycles. The summed E-state index contributed by atoms with van der Waals surface area (Å²) in [7, 11) is 0. The minimum Gasteiger partial charge on any atom is -0.367 e. The molecular formula is C26H36N4O3. The Kier molecular flexibility index (Phi) is 9.13. The average Bonchev–Trinajstić information content (AvgIpc) is 2.84. The molecule has 0 radical (unpaired) electrons. The summed E-state index contributed by atoms with van der Waals surface area (Å²) in [6.45, 7) is 6.30. The molecule has 1 aliphatic carbocycles. The van der Waals surface area contributed by atoms with Gasteiger partial charge in [0, 0.05) is 37.4 Å². The van der Waals surface area contributed by atoms with E-state index in [2.05, 4.69) is 17.1 Å².